The molecule has 0 aromatic heterocycles. The molecule has 0 unspecified atom stereocenters. The van der Waals surface area contributed by atoms with Crippen LogP contribution in [0.15, 0.2) is 53.0 Å². The van der Waals surface area contributed by atoms with Crippen LogP contribution >= 0.6 is 15.9 Å². The normalized spacial score (nSPS) is 12.7. The smallest absolute Gasteiger partial charge is 0.261 e. The molecule has 2 atom stereocenters. The average molecular weight is 475 g/mol. The molecular formula is C24H31BrN2O3. The first-order valence-corrected chi connectivity index (χ1v) is 11.2. The van der Waals surface area contributed by atoms with Crippen LogP contribution in [0.5, 0.6) is 5.75 Å². The highest BCUT2D eigenvalue weighted by Crippen LogP contribution is 2.18. The molecule has 2 aromatic rings. The van der Waals surface area contributed by atoms with Gasteiger partial charge in [-0.05, 0) is 56.5 Å². The van der Waals surface area contributed by atoms with Crippen LogP contribution in [0.3, 0.4) is 0 Å². The van der Waals surface area contributed by atoms with Gasteiger partial charge < -0.3 is 15.0 Å². The highest BCUT2D eigenvalue weighted by atomic mass is 79.9. The number of nitrogens with one attached hydrogen (secondary N) is 1. The number of amides is 2. The summed E-state index contributed by atoms with van der Waals surface area (Å²) in [6, 6.07) is 14.8. The quantitative estimate of drug-likeness (QED) is 0.534. The number of carbonyl (C=O) groups excluding carboxylic acids is 2. The fraction of sp³-hybridized carbons (Fsp3) is 0.417. The van der Waals surface area contributed by atoms with Gasteiger partial charge in [0.25, 0.3) is 5.91 Å². The van der Waals surface area contributed by atoms with Gasteiger partial charge in [-0.1, -0.05) is 59.6 Å². The minimum absolute atomic E-state index is 0.0573. The van der Waals surface area contributed by atoms with E-state index in [1.54, 1.807) is 17.0 Å². The van der Waals surface area contributed by atoms with Gasteiger partial charge in [0.2, 0.25) is 5.91 Å². The summed E-state index contributed by atoms with van der Waals surface area (Å²) < 4.78 is 6.63. The van der Waals surface area contributed by atoms with Crippen molar-refractivity contribution in [2.45, 2.75) is 59.2 Å². The third-order valence-electron chi connectivity index (χ3n) is 5.04. The Morgan fingerprint density at radius 2 is 1.67 bits per heavy atom. The van der Waals surface area contributed by atoms with E-state index in [1.165, 1.54) is 0 Å². The number of aryl methyl sites for hydroxylation is 1. The average Bonchev–Trinajstić information content (AvgIpc) is 2.74. The molecule has 1 N–H and O–H groups in total. The van der Waals surface area contributed by atoms with Crippen LogP contribution in [0.25, 0.3) is 0 Å². The van der Waals surface area contributed by atoms with Gasteiger partial charge in [-0.2, -0.15) is 0 Å². The van der Waals surface area contributed by atoms with E-state index in [1.807, 2.05) is 64.1 Å². The number of rotatable bonds is 10. The second-order valence-electron chi connectivity index (χ2n) is 7.49. The van der Waals surface area contributed by atoms with E-state index in [2.05, 4.69) is 21.2 Å². The molecule has 2 aromatic carbocycles. The van der Waals surface area contributed by atoms with Gasteiger partial charge in [0.05, 0.1) is 0 Å². The van der Waals surface area contributed by atoms with E-state index < -0.39 is 6.04 Å². The molecule has 30 heavy (non-hydrogen) atoms. The maximum absolute atomic E-state index is 13.1. The Bertz CT molecular complexity index is 821. The number of ether oxygens (including phenoxy) is 1. The Balaban J connectivity index is 2.19. The van der Waals surface area contributed by atoms with Crippen LogP contribution in [-0.2, 0) is 16.1 Å². The van der Waals surface area contributed by atoms with Crippen LogP contribution < -0.4 is 10.1 Å². The number of nitrogens with zero attached hydrogens (tertiary/aromatic N) is 1. The van der Waals surface area contributed by atoms with Crippen molar-refractivity contribution in [3.8, 4) is 5.75 Å². The first kappa shape index (κ1) is 23.9. The monoisotopic (exact) mass is 474 g/mol. The standard InChI is InChI=1S/C24H31BrN2O3/c1-5-18(4)26-24(29)22(6-2)27(15-19-9-7-17(3)8-10-19)23(28)16-30-21-13-11-20(25)12-14-21/h7-14,18,22H,5-6,15-16H2,1-4H3,(H,26,29)/t18-,22+/m0/s1. The van der Waals surface area contributed by atoms with E-state index in [0.717, 1.165) is 22.0 Å². The molecule has 5 nitrogen and oxygen atoms in total. The van der Waals surface area contributed by atoms with Gasteiger partial charge in [0, 0.05) is 17.1 Å². The van der Waals surface area contributed by atoms with Crippen molar-refractivity contribution < 1.29 is 14.3 Å². The van der Waals surface area contributed by atoms with Crippen molar-refractivity contribution in [2.75, 3.05) is 6.61 Å². The number of carbonyl (C=O) groups is 2. The Kier molecular flexibility index (Phi) is 9.37. The molecule has 0 spiro atoms. The zero-order chi connectivity index (χ0) is 22.1. The van der Waals surface area contributed by atoms with E-state index in [9.17, 15) is 9.59 Å². The van der Waals surface area contributed by atoms with Crippen LogP contribution in [0, 0.1) is 6.92 Å². The molecule has 6 heteroatoms. The molecule has 2 amide bonds. The fourth-order valence-electron chi connectivity index (χ4n) is 3.01. The van der Waals surface area contributed by atoms with Gasteiger partial charge in [-0.15, -0.1) is 0 Å². The van der Waals surface area contributed by atoms with Crippen molar-refractivity contribution in [3.63, 3.8) is 0 Å². The lowest BCUT2D eigenvalue weighted by Crippen LogP contribution is -2.51. The maximum Gasteiger partial charge on any atom is 0.261 e. The number of benzene rings is 2. The van der Waals surface area contributed by atoms with Crippen LogP contribution in [-0.4, -0.2) is 35.4 Å². The number of hydrogen-bond acceptors (Lipinski definition) is 3. The summed E-state index contributed by atoms with van der Waals surface area (Å²) >= 11 is 3.39. The molecule has 162 valence electrons. The Hall–Kier alpha value is -2.34. The van der Waals surface area contributed by atoms with E-state index in [4.69, 9.17) is 4.74 Å². The van der Waals surface area contributed by atoms with Crippen molar-refractivity contribution >= 4 is 27.7 Å². The fourth-order valence-corrected chi connectivity index (χ4v) is 3.27. The topological polar surface area (TPSA) is 58.6 Å². The second kappa shape index (κ2) is 11.7. The Morgan fingerprint density at radius 1 is 1.03 bits per heavy atom. The highest BCUT2D eigenvalue weighted by molar-refractivity contribution is 9.10. The molecule has 2 rings (SSSR count). The van der Waals surface area contributed by atoms with Crippen LogP contribution in [0.4, 0.5) is 0 Å². The molecule has 0 aliphatic heterocycles. The molecule has 0 bridgehead atoms. The van der Waals surface area contributed by atoms with Crippen molar-refractivity contribution in [1.29, 1.82) is 0 Å². The van der Waals surface area contributed by atoms with E-state index in [-0.39, 0.29) is 24.5 Å². The lowest BCUT2D eigenvalue weighted by molar-refractivity contribution is -0.143. The predicted molar refractivity (Wildman–Crippen MR) is 123 cm³/mol. The summed E-state index contributed by atoms with van der Waals surface area (Å²) in [6.07, 6.45) is 1.36. The zero-order valence-electron chi connectivity index (χ0n) is 18.2. The minimum Gasteiger partial charge on any atom is -0.484 e. The van der Waals surface area contributed by atoms with Crippen LogP contribution in [0.1, 0.15) is 44.7 Å². The minimum atomic E-state index is -0.554. The molecule has 0 saturated carbocycles. The first-order chi connectivity index (χ1) is 14.3. The van der Waals surface area contributed by atoms with Gasteiger partial charge >= 0.3 is 0 Å². The number of hydrogen-bond donors (Lipinski definition) is 1. The summed E-state index contributed by atoms with van der Waals surface area (Å²) in [5.41, 5.74) is 2.13. The predicted octanol–water partition coefficient (Wildman–Crippen LogP) is 4.86. The first-order valence-electron chi connectivity index (χ1n) is 10.4. The van der Waals surface area contributed by atoms with E-state index >= 15 is 0 Å². The maximum atomic E-state index is 13.1. The van der Waals surface area contributed by atoms with Crippen molar-refractivity contribution in [1.82, 2.24) is 10.2 Å². The molecule has 0 saturated heterocycles. The SMILES string of the molecule is CC[C@H](C(=O)N[C@@H](C)CC)N(Cc1ccc(C)cc1)C(=O)COc1ccc(Br)cc1. The third kappa shape index (κ3) is 7.17. The van der Waals surface area contributed by atoms with Crippen molar-refractivity contribution in [3.05, 3.63) is 64.1 Å². The van der Waals surface area contributed by atoms with Gasteiger partial charge in [-0.3, -0.25) is 9.59 Å². The molecular weight excluding hydrogens is 444 g/mol. The summed E-state index contributed by atoms with van der Waals surface area (Å²) in [5.74, 6) is 0.263. The van der Waals surface area contributed by atoms with Gasteiger partial charge in [-0.25, -0.2) is 0 Å². The largest absolute Gasteiger partial charge is 0.484 e. The highest BCUT2D eigenvalue weighted by Gasteiger charge is 2.29. The summed E-state index contributed by atoms with van der Waals surface area (Å²) in [7, 11) is 0. The Morgan fingerprint density at radius 3 is 2.23 bits per heavy atom. The van der Waals surface area contributed by atoms with Gasteiger partial charge in [0.1, 0.15) is 11.8 Å². The number of halogens is 1. The van der Waals surface area contributed by atoms with Crippen molar-refractivity contribution in [2.24, 2.45) is 0 Å². The Labute approximate surface area is 187 Å². The zero-order valence-corrected chi connectivity index (χ0v) is 19.7. The summed E-state index contributed by atoms with van der Waals surface area (Å²) in [6.45, 7) is 8.16. The summed E-state index contributed by atoms with van der Waals surface area (Å²) in [4.78, 5) is 27.6. The molecule has 0 heterocycles. The lowest BCUT2D eigenvalue weighted by Gasteiger charge is -2.31. The molecule has 0 aliphatic rings. The van der Waals surface area contributed by atoms with Crippen LogP contribution in [0.2, 0.25) is 0 Å². The third-order valence-corrected chi connectivity index (χ3v) is 5.57. The summed E-state index contributed by atoms with van der Waals surface area (Å²) in [5, 5.41) is 3.01. The molecule has 0 radical (unpaired) electrons. The molecule has 0 aliphatic carbocycles. The molecule has 0 fully saturated rings. The van der Waals surface area contributed by atoms with E-state index in [0.29, 0.717) is 18.7 Å². The second-order valence-corrected chi connectivity index (χ2v) is 8.41. The lowest BCUT2D eigenvalue weighted by atomic mass is 10.1. The van der Waals surface area contributed by atoms with Gasteiger partial charge in [0.15, 0.2) is 6.61 Å².